The van der Waals surface area contributed by atoms with E-state index in [-0.39, 0.29) is 18.6 Å². The smallest absolute Gasteiger partial charge is 0.327 e. The van der Waals surface area contributed by atoms with Crippen molar-refractivity contribution >= 4 is 23.5 Å². The number of nitrogens with one attached hydrogen (secondary N) is 1. The molecule has 2 aromatic rings. The molecule has 2 saturated heterocycles. The normalized spacial score (nSPS) is 26.0. The molecule has 0 unspecified atom stereocenters. The third-order valence-electron chi connectivity index (χ3n) is 6.58. The molecule has 2 fully saturated rings. The van der Waals surface area contributed by atoms with E-state index in [1.54, 1.807) is 49.4 Å². The first kappa shape index (κ1) is 23.9. The molecule has 4 atom stereocenters. The second kappa shape index (κ2) is 9.54. The Morgan fingerprint density at radius 2 is 1.74 bits per heavy atom. The molecular formula is C26H29FN2O5. The Bertz CT molecular complexity index is 1090. The van der Waals surface area contributed by atoms with Crippen LogP contribution in [0.2, 0.25) is 0 Å². The molecule has 0 bridgehead atoms. The Balaban J connectivity index is 1.83. The van der Waals surface area contributed by atoms with Gasteiger partial charge in [0.05, 0.1) is 30.7 Å². The average molecular weight is 469 g/mol. The van der Waals surface area contributed by atoms with Crippen LogP contribution in [0.1, 0.15) is 45.2 Å². The summed E-state index contributed by atoms with van der Waals surface area (Å²) < 4.78 is 25.7. The highest BCUT2D eigenvalue weighted by Gasteiger charge is 2.68. The molecule has 2 aromatic carbocycles. The minimum atomic E-state index is -1.44. The minimum Gasteiger partial charge on any atom is -0.494 e. The summed E-state index contributed by atoms with van der Waals surface area (Å²) in [6.07, 6.45) is 0.831. The van der Waals surface area contributed by atoms with E-state index in [0.717, 1.165) is 4.90 Å². The zero-order valence-electron chi connectivity index (χ0n) is 19.5. The largest absolute Gasteiger partial charge is 0.494 e. The molecule has 7 nitrogen and oxygen atoms in total. The van der Waals surface area contributed by atoms with Crippen molar-refractivity contribution in [2.75, 3.05) is 18.1 Å². The number of carbonyl (C=O) groups is 3. The van der Waals surface area contributed by atoms with Crippen molar-refractivity contribution in [3.63, 3.8) is 0 Å². The van der Waals surface area contributed by atoms with Gasteiger partial charge in [0.15, 0.2) is 0 Å². The summed E-state index contributed by atoms with van der Waals surface area (Å²) in [7, 11) is 0. The molecule has 34 heavy (non-hydrogen) atoms. The molecule has 8 heteroatoms. The second-order valence-corrected chi connectivity index (χ2v) is 8.53. The zero-order chi connectivity index (χ0) is 24.5. The van der Waals surface area contributed by atoms with Gasteiger partial charge in [-0.15, -0.1) is 0 Å². The highest BCUT2D eigenvalue weighted by atomic mass is 19.1. The first-order chi connectivity index (χ1) is 16.4. The van der Waals surface area contributed by atoms with Gasteiger partial charge in [0.25, 0.3) is 0 Å². The molecule has 1 N–H and O–H groups in total. The molecular weight excluding hydrogens is 439 g/mol. The number of imide groups is 1. The van der Waals surface area contributed by atoms with Gasteiger partial charge in [0, 0.05) is 11.6 Å². The van der Waals surface area contributed by atoms with Crippen molar-refractivity contribution in [2.24, 2.45) is 11.8 Å². The van der Waals surface area contributed by atoms with E-state index in [2.05, 4.69) is 5.32 Å². The number of ether oxygens (including phenoxy) is 2. The van der Waals surface area contributed by atoms with Gasteiger partial charge in [-0.25, -0.2) is 9.29 Å². The van der Waals surface area contributed by atoms with Gasteiger partial charge in [-0.3, -0.25) is 19.7 Å². The summed E-state index contributed by atoms with van der Waals surface area (Å²) in [6, 6.07) is 11.9. The Labute approximate surface area is 198 Å². The third kappa shape index (κ3) is 3.76. The van der Waals surface area contributed by atoms with Crippen LogP contribution >= 0.6 is 0 Å². The molecule has 2 aliphatic heterocycles. The molecule has 4 rings (SSSR count). The number of fused-ring (bicyclic) bond motifs is 1. The monoisotopic (exact) mass is 468 g/mol. The highest BCUT2D eigenvalue weighted by Crippen LogP contribution is 2.52. The lowest BCUT2D eigenvalue weighted by molar-refractivity contribution is -0.155. The number of amides is 2. The number of carbonyl (C=O) groups excluding carboxylic acids is 3. The highest BCUT2D eigenvalue weighted by molar-refractivity contribution is 6.24. The van der Waals surface area contributed by atoms with Crippen LogP contribution in [0.3, 0.4) is 0 Å². The summed E-state index contributed by atoms with van der Waals surface area (Å²) in [4.78, 5) is 41.9. The van der Waals surface area contributed by atoms with E-state index in [1.807, 2.05) is 13.8 Å². The molecule has 0 aromatic heterocycles. The fourth-order valence-electron chi connectivity index (χ4n) is 5.28. The molecule has 0 saturated carbocycles. The molecule has 0 radical (unpaired) electrons. The summed E-state index contributed by atoms with van der Waals surface area (Å²) in [6.45, 7) is 6.05. The van der Waals surface area contributed by atoms with E-state index < -0.39 is 47.0 Å². The maximum atomic E-state index is 14.9. The molecule has 0 aliphatic carbocycles. The Morgan fingerprint density at radius 1 is 1.03 bits per heavy atom. The number of esters is 1. The summed E-state index contributed by atoms with van der Waals surface area (Å²) in [5, 5.41) is 3.20. The number of hydrogen-bond acceptors (Lipinski definition) is 6. The van der Waals surface area contributed by atoms with Crippen LogP contribution in [0.5, 0.6) is 5.75 Å². The van der Waals surface area contributed by atoms with Crippen LogP contribution in [-0.4, -0.2) is 36.5 Å². The van der Waals surface area contributed by atoms with E-state index in [1.165, 1.54) is 6.07 Å². The standard InChI is InChI=1S/C26H29FN2O5/c1-4-15-26(25(32)34-6-3)21-20(22(28-26)18-9-7-8-10-19(18)27)23(30)29(24(21)31)16-11-13-17(14-12-16)33-5-2/h7-14,20-22,28H,4-6,15H2,1-3H3/t20-,21-,22+,26-/m0/s1. The van der Waals surface area contributed by atoms with Crippen molar-refractivity contribution in [3.05, 3.63) is 59.9 Å². The average Bonchev–Trinajstić information content (AvgIpc) is 3.30. The van der Waals surface area contributed by atoms with Crippen LogP contribution in [0.25, 0.3) is 0 Å². The lowest BCUT2D eigenvalue weighted by Gasteiger charge is -2.32. The van der Waals surface area contributed by atoms with Crippen molar-refractivity contribution in [2.45, 2.75) is 45.2 Å². The predicted octanol–water partition coefficient (Wildman–Crippen LogP) is 3.78. The second-order valence-electron chi connectivity index (χ2n) is 8.53. The van der Waals surface area contributed by atoms with Crippen molar-refractivity contribution in [1.29, 1.82) is 0 Å². The fraction of sp³-hybridized carbons (Fsp3) is 0.423. The number of halogens is 1. The Kier molecular flexibility index (Phi) is 6.70. The zero-order valence-corrected chi connectivity index (χ0v) is 19.5. The minimum absolute atomic E-state index is 0.123. The number of benzene rings is 2. The number of rotatable bonds is 8. The molecule has 0 spiro atoms. The van der Waals surface area contributed by atoms with Crippen LogP contribution in [-0.2, 0) is 19.1 Å². The summed E-state index contributed by atoms with van der Waals surface area (Å²) in [5.74, 6) is -3.42. The summed E-state index contributed by atoms with van der Waals surface area (Å²) >= 11 is 0. The van der Waals surface area contributed by atoms with Gasteiger partial charge >= 0.3 is 5.97 Å². The fourth-order valence-corrected chi connectivity index (χ4v) is 5.28. The quantitative estimate of drug-likeness (QED) is 0.469. The van der Waals surface area contributed by atoms with Crippen molar-refractivity contribution in [3.8, 4) is 5.75 Å². The van der Waals surface area contributed by atoms with E-state index >= 15 is 0 Å². The van der Waals surface area contributed by atoms with E-state index in [9.17, 15) is 18.8 Å². The van der Waals surface area contributed by atoms with E-state index in [0.29, 0.717) is 24.5 Å². The third-order valence-corrected chi connectivity index (χ3v) is 6.58. The molecule has 2 amide bonds. The SMILES string of the molecule is CCC[C@]1(C(=O)OCC)N[C@H](c2ccccc2F)[C@H]2C(=O)N(c3ccc(OCC)cc3)C(=O)[C@H]21. The lowest BCUT2D eigenvalue weighted by Crippen LogP contribution is -2.56. The number of hydrogen-bond donors (Lipinski definition) is 1. The first-order valence-electron chi connectivity index (χ1n) is 11.7. The van der Waals surface area contributed by atoms with Gasteiger partial charge in [-0.05, 0) is 50.6 Å². The van der Waals surface area contributed by atoms with Crippen LogP contribution in [0.4, 0.5) is 10.1 Å². The van der Waals surface area contributed by atoms with Gasteiger partial charge in [0.1, 0.15) is 17.1 Å². The molecule has 2 aliphatic rings. The van der Waals surface area contributed by atoms with Crippen molar-refractivity contribution in [1.82, 2.24) is 5.32 Å². The molecule has 180 valence electrons. The van der Waals surface area contributed by atoms with Crippen LogP contribution in [0, 0.1) is 17.7 Å². The molecule has 2 heterocycles. The van der Waals surface area contributed by atoms with Gasteiger partial charge in [-0.2, -0.15) is 0 Å². The van der Waals surface area contributed by atoms with Gasteiger partial charge in [0.2, 0.25) is 11.8 Å². The van der Waals surface area contributed by atoms with Gasteiger partial charge in [-0.1, -0.05) is 31.5 Å². The number of nitrogens with zero attached hydrogens (tertiary/aromatic N) is 1. The topological polar surface area (TPSA) is 84.9 Å². The maximum absolute atomic E-state index is 14.9. The Morgan fingerprint density at radius 3 is 2.35 bits per heavy atom. The Hall–Kier alpha value is -3.26. The predicted molar refractivity (Wildman–Crippen MR) is 124 cm³/mol. The summed E-state index contributed by atoms with van der Waals surface area (Å²) in [5.41, 5.74) is -0.807. The maximum Gasteiger partial charge on any atom is 0.327 e. The van der Waals surface area contributed by atoms with Gasteiger partial charge < -0.3 is 9.47 Å². The van der Waals surface area contributed by atoms with Crippen LogP contribution in [0.15, 0.2) is 48.5 Å². The first-order valence-corrected chi connectivity index (χ1v) is 11.7. The van der Waals surface area contributed by atoms with Crippen molar-refractivity contribution < 1.29 is 28.2 Å². The lowest BCUT2D eigenvalue weighted by atomic mass is 9.77. The number of anilines is 1. The van der Waals surface area contributed by atoms with Crippen LogP contribution < -0.4 is 15.0 Å². The van der Waals surface area contributed by atoms with E-state index in [4.69, 9.17) is 9.47 Å².